The number of aliphatic carboxylic acids is 1. The number of guanidine groups is 1. The molecule has 40 heteroatoms. The van der Waals surface area contributed by atoms with Crippen molar-refractivity contribution in [2.75, 3.05) is 50.8 Å². The predicted octanol–water partition coefficient (Wildman–Crippen LogP) is -9.27. The number of hydroxylamine groups is 4. The van der Waals surface area contributed by atoms with E-state index >= 15 is 0 Å². The molecular weight excluding hydrogens is 1280 g/mol. The van der Waals surface area contributed by atoms with Gasteiger partial charge in [0.1, 0.15) is 60.5 Å². The van der Waals surface area contributed by atoms with Crippen LogP contribution >= 0.6 is 0 Å². The average Bonchev–Trinajstić information content (AvgIpc) is 0.750. The number of ketones is 1. The molecule has 1 aromatic carbocycles. The number of fused-ring (bicyclic) bond motifs is 3. The molecule has 3 aliphatic heterocycles. The topological polar surface area (TPSA) is 627 Å². The van der Waals surface area contributed by atoms with Crippen LogP contribution in [0.25, 0.3) is 6.08 Å². The van der Waals surface area contributed by atoms with E-state index in [0.29, 0.717) is 0 Å². The van der Waals surface area contributed by atoms with E-state index in [1.807, 2.05) is 0 Å². The number of benzene rings is 1. The van der Waals surface area contributed by atoms with E-state index in [4.69, 9.17) is 16.6 Å². The van der Waals surface area contributed by atoms with Gasteiger partial charge in [0.15, 0.2) is 17.5 Å². The third kappa shape index (κ3) is 23.9. The van der Waals surface area contributed by atoms with Crippen LogP contribution in [0.2, 0.25) is 0 Å². The number of nitrogens with zero attached hydrogens (tertiary/aromatic N) is 4. The maximum atomic E-state index is 14.4. The number of hydrogen-bond donors (Lipinski definition) is 22. The molecule has 1 aromatic rings. The SMILES string of the molecule is C[C@@H](O)[C@@H]1NC(=O)C(CCCN(O)C=O)NC(=O)[C@@H](NC(=O)[C@H](CCCN(O)C=O)NC(=O)[C@@H](CO)NC(=O)[C@H](CCCN=C(N)N)NC(=O)[C@@H](CO)NC(=O)[C@@H]2CCNC3C(NC(=O)CCC(=O)C(=O)O)=Cc4cc(O)c(O)cc4N32)CCCCNC(=O)[C@H]([C@@H](C)O)NC1=O. The molecule has 4 rings (SSSR count). The molecule has 40 nitrogen and oxygen atoms in total. The highest BCUT2D eigenvalue weighted by molar-refractivity contribution is 6.33. The number of carboxylic acids is 1. The van der Waals surface area contributed by atoms with E-state index in [1.54, 1.807) is 0 Å². The number of phenolic OH excluding ortho intramolecular Hbond substituents is 2. The van der Waals surface area contributed by atoms with Crippen molar-refractivity contribution in [2.24, 2.45) is 16.5 Å². The number of aliphatic imine (C=N–C) groups is 1. The zero-order valence-corrected chi connectivity index (χ0v) is 52.4. The molecular formula is C56H85N17O23. The Balaban J connectivity index is 1.61. The second-order valence-electron chi connectivity index (χ2n) is 22.6. The van der Waals surface area contributed by atoms with Crippen molar-refractivity contribution in [1.29, 1.82) is 0 Å². The molecule has 3 aliphatic rings. The monoisotopic (exact) mass is 1360 g/mol. The van der Waals surface area contributed by atoms with Gasteiger partial charge in [-0.15, -0.1) is 0 Å². The number of nitrogens with two attached hydrogens (primary N) is 2. The summed E-state index contributed by atoms with van der Waals surface area (Å²) in [5.74, 6) is -15.3. The fourth-order valence-corrected chi connectivity index (χ4v) is 10.1. The number of carbonyl (C=O) groups is 14. The summed E-state index contributed by atoms with van der Waals surface area (Å²) in [4.78, 5) is 190. The summed E-state index contributed by atoms with van der Waals surface area (Å²) >= 11 is 0. The van der Waals surface area contributed by atoms with Crippen LogP contribution in [0.15, 0.2) is 22.8 Å². The lowest BCUT2D eigenvalue weighted by Gasteiger charge is -2.47. The molecule has 0 bridgehead atoms. The summed E-state index contributed by atoms with van der Waals surface area (Å²) in [6.07, 6.45) is -5.82. The van der Waals surface area contributed by atoms with Crippen molar-refractivity contribution >= 4 is 101 Å². The zero-order chi connectivity index (χ0) is 71.5. The summed E-state index contributed by atoms with van der Waals surface area (Å²) in [5, 5.41) is 119. The van der Waals surface area contributed by atoms with Gasteiger partial charge in [-0.25, -0.2) is 14.9 Å². The molecule has 96 heavy (non-hydrogen) atoms. The van der Waals surface area contributed by atoms with E-state index in [1.165, 1.54) is 17.9 Å². The minimum absolute atomic E-state index is 0.0203. The molecule has 0 aliphatic carbocycles. The van der Waals surface area contributed by atoms with Gasteiger partial charge in [-0.1, -0.05) is 0 Å². The van der Waals surface area contributed by atoms with E-state index in [0.717, 1.165) is 19.1 Å². The molecule has 2 unspecified atom stereocenters. The number of aliphatic hydroxyl groups excluding tert-OH is 4. The maximum absolute atomic E-state index is 14.4. The first-order valence-electron chi connectivity index (χ1n) is 30.5. The van der Waals surface area contributed by atoms with E-state index in [-0.39, 0.29) is 130 Å². The Kier molecular flexibility index (Phi) is 31.5. The first kappa shape index (κ1) is 78.6. The molecule has 2 saturated heterocycles. The Morgan fingerprint density at radius 1 is 0.698 bits per heavy atom. The van der Waals surface area contributed by atoms with Crippen LogP contribution < -0.4 is 74.9 Å². The highest BCUT2D eigenvalue weighted by Crippen LogP contribution is 2.41. The third-order valence-corrected chi connectivity index (χ3v) is 15.2. The maximum Gasteiger partial charge on any atom is 0.372 e. The van der Waals surface area contributed by atoms with Gasteiger partial charge in [0, 0.05) is 50.7 Å². The zero-order valence-electron chi connectivity index (χ0n) is 52.4. The van der Waals surface area contributed by atoms with Gasteiger partial charge in [-0.05, 0) is 96.7 Å². The molecule has 0 spiro atoms. The second kappa shape index (κ2) is 38.5. The highest BCUT2D eigenvalue weighted by Gasteiger charge is 2.43. The summed E-state index contributed by atoms with van der Waals surface area (Å²) in [5.41, 5.74) is 11.3. The molecule has 0 aromatic heterocycles. The number of phenols is 2. The van der Waals surface area contributed by atoms with Gasteiger partial charge in [0.2, 0.25) is 77.7 Å². The van der Waals surface area contributed by atoms with Crippen LogP contribution in [0.3, 0.4) is 0 Å². The molecule has 12 amide bonds. The average molecular weight is 1360 g/mol. The normalized spacial score (nSPS) is 21.0. The largest absolute Gasteiger partial charge is 0.504 e. The van der Waals surface area contributed by atoms with Crippen molar-refractivity contribution in [3.63, 3.8) is 0 Å². The second-order valence-corrected chi connectivity index (χ2v) is 22.6. The van der Waals surface area contributed by atoms with Gasteiger partial charge in [-0.3, -0.25) is 83.1 Å². The number of anilines is 1. The number of aromatic hydroxyl groups is 2. The summed E-state index contributed by atoms with van der Waals surface area (Å²) < 4.78 is 0. The number of nitrogens with one attached hydrogen (secondary N) is 11. The summed E-state index contributed by atoms with van der Waals surface area (Å²) in [6.45, 7) is -1.03. The van der Waals surface area contributed by atoms with E-state index in [2.05, 4.69) is 63.5 Å². The predicted molar refractivity (Wildman–Crippen MR) is 328 cm³/mol. The van der Waals surface area contributed by atoms with Crippen LogP contribution in [0, 0.1) is 0 Å². The van der Waals surface area contributed by atoms with Crippen molar-refractivity contribution in [2.45, 2.75) is 164 Å². The van der Waals surface area contributed by atoms with Gasteiger partial charge in [-0.2, -0.15) is 0 Å². The van der Waals surface area contributed by atoms with Crippen LogP contribution in [0.5, 0.6) is 11.5 Å². The van der Waals surface area contributed by atoms with Crippen LogP contribution in [0.1, 0.15) is 96.5 Å². The lowest BCUT2D eigenvalue weighted by atomic mass is 9.96. The quantitative estimate of drug-likeness (QED) is 0.00454. The highest BCUT2D eigenvalue weighted by atomic mass is 16.5. The number of rotatable bonds is 33. The number of carboxylic acid groups (broad SMARTS) is 1. The molecule has 0 radical (unpaired) electrons. The van der Waals surface area contributed by atoms with Crippen LogP contribution in [-0.4, -0.2) is 265 Å². The lowest BCUT2D eigenvalue weighted by molar-refractivity contribution is -0.150. The first-order chi connectivity index (χ1) is 45.4. The van der Waals surface area contributed by atoms with Gasteiger partial charge in [0.05, 0.1) is 36.8 Å². The van der Waals surface area contributed by atoms with Gasteiger partial charge in [0.25, 0.3) is 0 Å². The molecule has 24 N–H and O–H groups in total. The molecule has 3 heterocycles. The Labute approximate surface area is 547 Å². The lowest BCUT2D eigenvalue weighted by Crippen LogP contribution is -2.66. The fourth-order valence-electron chi connectivity index (χ4n) is 10.1. The van der Waals surface area contributed by atoms with Gasteiger partial charge >= 0.3 is 5.97 Å². The summed E-state index contributed by atoms with van der Waals surface area (Å²) in [6, 6.07) is -13.0. The number of aliphatic hydroxyl groups is 4. The van der Waals surface area contributed by atoms with Crippen molar-refractivity contribution in [3.8, 4) is 11.5 Å². The number of carbonyl (C=O) groups excluding carboxylic acids is 13. The molecule has 532 valence electrons. The number of amides is 12. The van der Waals surface area contributed by atoms with Crippen LogP contribution in [0.4, 0.5) is 5.69 Å². The van der Waals surface area contributed by atoms with Crippen molar-refractivity contribution in [3.05, 3.63) is 23.4 Å². The smallest absolute Gasteiger partial charge is 0.372 e. The third-order valence-electron chi connectivity index (χ3n) is 15.2. The van der Waals surface area contributed by atoms with E-state index in [9.17, 15) is 108 Å². The van der Waals surface area contributed by atoms with E-state index < -0.39 is 194 Å². The molecule has 2 fully saturated rings. The Morgan fingerprint density at radius 3 is 1.86 bits per heavy atom. The fraction of sp³-hybridized carbons (Fsp3) is 0.589. The molecule has 0 saturated carbocycles. The van der Waals surface area contributed by atoms with Crippen molar-refractivity contribution in [1.82, 2.24) is 68.6 Å². The Hall–Kier alpha value is -9.87. The molecule has 12 atom stereocenters. The summed E-state index contributed by atoms with van der Waals surface area (Å²) in [7, 11) is 0. The number of Topliss-reactive ketones (excluding diaryl/α,β-unsaturated/α-hetero) is 1. The Morgan fingerprint density at radius 2 is 1.26 bits per heavy atom. The van der Waals surface area contributed by atoms with Crippen molar-refractivity contribution < 1.29 is 113 Å². The van der Waals surface area contributed by atoms with Gasteiger partial charge < -0.3 is 105 Å². The minimum Gasteiger partial charge on any atom is -0.504 e. The number of hydrogen-bond acceptors (Lipinski definition) is 25. The minimum atomic E-state index is -1.98. The van der Waals surface area contributed by atoms with Crippen LogP contribution in [-0.2, 0) is 67.1 Å². The Bertz CT molecular complexity index is 3040. The standard InChI is InChI=1S/C56H85N17O23/c1-27(78)43-53(91)60-15-4-3-8-30(46(84)64-33(11-7-19-72(96)26-77)49(87)69-44(28(2)79)54(92)70-43)63-47(85)32(10-6-18-71(95)25-76)66-50(88)35(23-74)67-48(86)31(9-5-16-61-56(57)58)65-51(89)36(24-75)68-52(90)37-14-17-59-45-34(62-42(83)13-12-39(80)55(93)94)20-29-21-40(81)41(82)22-38(29)73(37)45/h20-22,25-28,30-33,35-37,43-45,59,74-75,78-79,81-82,95-96H,3-19,23-24H2,1-2H3,(H,60,91)(H,62,83)(H,63,85)(H,64,84)(H,65,89)(H,66,88)(H,67,86)(H,68,90)(H,69,87)(H,70,92)(H,93,94)(H4,57,58,61)/t27-,28-,30+,31+,32+,33?,35-,36-,37+,43+,44+,45?/m1/s1. The first-order valence-corrected chi connectivity index (χ1v) is 30.5.